The molecule has 0 unspecified atom stereocenters. The standard InChI is InChI=1S/C9H9NO3.C3H6O2/c11-8(12)6-10-9(13)7-4-2-1-3-5-7;1-2-3(4)5/h1-5H,6H2,(H,10,13)(H,11,12);2H2,1H3,(H,4,5). The maximum absolute atomic E-state index is 11.2. The molecule has 0 heterocycles. The molecule has 0 radical (unpaired) electrons. The molecule has 0 spiro atoms. The lowest BCUT2D eigenvalue weighted by Crippen LogP contribution is -2.29. The summed E-state index contributed by atoms with van der Waals surface area (Å²) in [5.41, 5.74) is 0.462. The number of carbonyl (C=O) groups is 3. The van der Waals surface area contributed by atoms with Crippen molar-refractivity contribution >= 4 is 17.8 Å². The molecule has 0 atom stereocenters. The van der Waals surface area contributed by atoms with E-state index < -0.39 is 11.9 Å². The van der Waals surface area contributed by atoms with Crippen LogP contribution in [0.2, 0.25) is 0 Å². The predicted octanol–water partition coefficient (Wildman–Crippen LogP) is 0.982. The van der Waals surface area contributed by atoms with Crippen molar-refractivity contribution in [1.29, 1.82) is 0 Å². The van der Waals surface area contributed by atoms with Crippen LogP contribution < -0.4 is 5.32 Å². The van der Waals surface area contributed by atoms with Gasteiger partial charge in [-0.3, -0.25) is 14.4 Å². The molecule has 18 heavy (non-hydrogen) atoms. The zero-order valence-electron chi connectivity index (χ0n) is 9.92. The van der Waals surface area contributed by atoms with Crippen LogP contribution in [0.15, 0.2) is 30.3 Å². The van der Waals surface area contributed by atoms with Gasteiger partial charge in [0.15, 0.2) is 0 Å². The molecule has 0 aromatic heterocycles. The number of carboxylic acids is 2. The number of hydrogen-bond acceptors (Lipinski definition) is 3. The highest BCUT2D eigenvalue weighted by molar-refractivity contribution is 5.95. The topological polar surface area (TPSA) is 104 Å². The SMILES string of the molecule is CCC(=O)O.O=C(O)CNC(=O)c1ccccc1. The van der Waals surface area contributed by atoms with Crippen LogP contribution in [0.3, 0.4) is 0 Å². The first-order chi connectivity index (χ1) is 8.47. The molecule has 1 aromatic carbocycles. The van der Waals surface area contributed by atoms with Gasteiger partial charge in [-0.1, -0.05) is 25.1 Å². The van der Waals surface area contributed by atoms with Crippen LogP contribution in [-0.4, -0.2) is 34.6 Å². The van der Waals surface area contributed by atoms with E-state index in [1.807, 2.05) is 0 Å². The van der Waals surface area contributed by atoms with Crippen LogP contribution in [0.1, 0.15) is 23.7 Å². The van der Waals surface area contributed by atoms with Crippen molar-refractivity contribution in [2.45, 2.75) is 13.3 Å². The maximum Gasteiger partial charge on any atom is 0.322 e. The number of rotatable bonds is 4. The van der Waals surface area contributed by atoms with Gasteiger partial charge < -0.3 is 15.5 Å². The van der Waals surface area contributed by atoms with Gasteiger partial charge in [-0.2, -0.15) is 0 Å². The van der Waals surface area contributed by atoms with Gasteiger partial charge in [0.1, 0.15) is 6.54 Å². The van der Waals surface area contributed by atoms with Crippen molar-refractivity contribution in [3.05, 3.63) is 35.9 Å². The molecule has 0 aliphatic rings. The quantitative estimate of drug-likeness (QED) is 0.742. The molecule has 6 heteroatoms. The van der Waals surface area contributed by atoms with Gasteiger partial charge in [-0.25, -0.2) is 0 Å². The first-order valence-corrected chi connectivity index (χ1v) is 5.24. The highest BCUT2D eigenvalue weighted by atomic mass is 16.4. The Morgan fingerprint density at radius 3 is 1.94 bits per heavy atom. The van der Waals surface area contributed by atoms with Crippen molar-refractivity contribution < 1.29 is 24.6 Å². The van der Waals surface area contributed by atoms with E-state index in [0.29, 0.717) is 5.56 Å². The third-order valence-electron chi connectivity index (χ3n) is 1.74. The van der Waals surface area contributed by atoms with Crippen molar-refractivity contribution in [2.24, 2.45) is 0 Å². The predicted molar refractivity (Wildman–Crippen MR) is 64.3 cm³/mol. The second kappa shape index (κ2) is 8.74. The van der Waals surface area contributed by atoms with E-state index in [9.17, 15) is 14.4 Å². The summed E-state index contributed by atoms with van der Waals surface area (Å²) in [6, 6.07) is 8.47. The summed E-state index contributed by atoms with van der Waals surface area (Å²) < 4.78 is 0. The molecule has 6 nitrogen and oxygen atoms in total. The molecule has 0 saturated carbocycles. The Balaban J connectivity index is 0.000000494. The molecule has 1 rings (SSSR count). The number of hydrogen-bond donors (Lipinski definition) is 3. The minimum Gasteiger partial charge on any atom is -0.481 e. The van der Waals surface area contributed by atoms with Crippen LogP contribution in [0.5, 0.6) is 0 Å². The average molecular weight is 253 g/mol. The van der Waals surface area contributed by atoms with Crippen molar-refractivity contribution in [1.82, 2.24) is 5.32 Å². The Hall–Kier alpha value is -2.37. The van der Waals surface area contributed by atoms with E-state index in [1.165, 1.54) is 0 Å². The summed E-state index contributed by atoms with van der Waals surface area (Å²) in [5.74, 6) is -2.17. The fraction of sp³-hybridized carbons (Fsp3) is 0.250. The van der Waals surface area contributed by atoms with Crippen LogP contribution in [0.4, 0.5) is 0 Å². The average Bonchev–Trinajstić information content (AvgIpc) is 2.37. The number of amides is 1. The lowest BCUT2D eigenvalue weighted by Gasteiger charge is -2.00. The van der Waals surface area contributed by atoms with Crippen LogP contribution >= 0.6 is 0 Å². The van der Waals surface area contributed by atoms with E-state index in [1.54, 1.807) is 37.3 Å². The van der Waals surface area contributed by atoms with E-state index in [4.69, 9.17) is 10.2 Å². The van der Waals surface area contributed by atoms with Gasteiger partial charge in [0.25, 0.3) is 5.91 Å². The molecule has 1 amide bonds. The fourth-order valence-corrected chi connectivity index (χ4v) is 0.847. The summed E-state index contributed by atoms with van der Waals surface area (Å²) in [6.45, 7) is 1.25. The van der Waals surface area contributed by atoms with Crippen LogP contribution in [0, 0.1) is 0 Å². The lowest BCUT2D eigenvalue weighted by atomic mass is 10.2. The fourth-order valence-electron chi connectivity index (χ4n) is 0.847. The lowest BCUT2D eigenvalue weighted by molar-refractivity contribution is -0.137. The molecular weight excluding hydrogens is 238 g/mol. The molecule has 0 saturated heterocycles. The summed E-state index contributed by atoms with van der Waals surface area (Å²) in [6.07, 6.45) is 0.222. The molecule has 3 N–H and O–H groups in total. The Kier molecular flexibility index (Phi) is 7.59. The summed E-state index contributed by atoms with van der Waals surface area (Å²) in [7, 11) is 0. The smallest absolute Gasteiger partial charge is 0.322 e. The van der Waals surface area contributed by atoms with Gasteiger partial charge in [0.05, 0.1) is 0 Å². The van der Waals surface area contributed by atoms with Gasteiger partial charge in [-0.15, -0.1) is 0 Å². The zero-order chi connectivity index (χ0) is 14.0. The number of nitrogens with one attached hydrogen (secondary N) is 1. The van der Waals surface area contributed by atoms with Crippen LogP contribution in [0.25, 0.3) is 0 Å². The highest BCUT2D eigenvalue weighted by Gasteiger charge is 2.04. The van der Waals surface area contributed by atoms with Crippen molar-refractivity contribution in [3.8, 4) is 0 Å². The van der Waals surface area contributed by atoms with E-state index in [0.717, 1.165) is 0 Å². The summed E-state index contributed by atoms with van der Waals surface area (Å²) in [5, 5.41) is 18.3. The molecule has 1 aromatic rings. The van der Waals surface area contributed by atoms with Gasteiger partial charge in [-0.05, 0) is 12.1 Å². The van der Waals surface area contributed by atoms with Gasteiger partial charge in [0.2, 0.25) is 0 Å². The van der Waals surface area contributed by atoms with Crippen molar-refractivity contribution in [2.75, 3.05) is 6.54 Å². The molecule has 98 valence electrons. The Bertz CT molecular complexity index is 402. The molecule has 0 bridgehead atoms. The highest BCUT2D eigenvalue weighted by Crippen LogP contribution is 1.96. The zero-order valence-corrected chi connectivity index (χ0v) is 9.92. The van der Waals surface area contributed by atoms with E-state index >= 15 is 0 Å². The minimum atomic E-state index is -1.05. The monoisotopic (exact) mass is 253 g/mol. The van der Waals surface area contributed by atoms with Gasteiger partial charge in [0, 0.05) is 12.0 Å². The molecular formula is C12H15NO5. The summed E-state index contributed by atoms with van der Waals surface area (Å²) in [4.78, 5) is 30.7. The molecule has 0 aliphatic carbocycles. The third-order valence-corrected chi connectivity index (χ3v) is 1.74. The Labute approximate surface area is 104 Å². The minimum absolute atomic E-state index is 0.222. The normalized spacial score (nSPS) is 8.72. The number of carboxylic acid groups (broad SMARTS) is 2. The second-order valence-electron chi connectivity index (χ2n) is 3.19. The first-order valence-electron chi connectivity index (χ1n) is 5.24. The largest absolute Gasteiger partial charge is 0.481 e. The molecule has 0 fully saturated rings. The number of benzene rings is 1. The first kappa shape index (κ1) is 15.6. The maximum atomic E-state index is 11.2. The van der Waals surface area contributed by atoms with Crippen molar-refractivity contribution in [3.63, 3.8) is 0 Å². The number of aliphatic carboxylic acids is 2. The Morgan fingerprint density at radius 2 is 1.56 bits per heavy atom. The summed E-state index contributed by atoms with van der Waals surface area (Å²) >= 11 is 0. The second-order valence-corrected chi connectivity index (χ2v) is 3.19. The van der Waals surface area contributed by atoms with Gasteiger partial charge >= 0.3 is 11.9 Å². The third kappa shape index (κ3) is 7.86. The van der Waals surface area contributed by atoms with E-state index in [2.05, 4.69) is 5.32 Å². The number of carbonyl (C=O) groups excluding carboxylic acids is 1. The van der Waals surface area contributed by atoms with Crippen LogP contribution in [-0.2, 0) is 9.59 Å². The Morgan fingerprint density at radius 1 is 1.06 bits per heavy atom. The van der Waals surface area contributed by atoms with E-state index in [-0.39, 0.29) is 18.9 Å². The molecule has 0 aliphatic heterocycles.